The Balaban J connectivity index is 4.41. The third-order valence-corrected chi connectivity index (χ3v) is 5.50. The number of rotatable bonds is 23. The van der Waals surface area contributed by atoms with Gasteiger partial charge in [-0.2, -0.15) is 0 Å². The van der Waals surface area contributed by atoms with E-state index in [-0.39, 0.29) is 24.5 Å². The van der Waals surface area contributed by atoms with Crippen LogP contribution in [0.1, 0.15) is 33.1 Å². The van der Waals surface area contributed by atoms with Crippen molar-refractivity contribution in [1.82, 2.24) is 20.4 Å². The molecule has 2 N–H and O–H groups in total. The number of aliphatic imine (C=N–C) groups is 1. The zero-order valence-electron chi connectivity index (χ0n) is 24.5. The number of hydrogen-bond acceptors (Lipinski definition) is 7. The zero-order valence-corrected chi connectivity index (χ0v) is 24.5. The molecule has 1 atom stereocenters. The predicted molar refractivity (Wildman–Crippen MR) is 161 cm³/mol. The molecule has 0 spiro atoms. The highest BCUT2D eigenvalue weighted by atomic mass is 19.1. The van der Waals surface area contributed by atoms with Crippen LogP contribution in [0.15, 0.2) is 90.7 Å². The SMILES string of the molecule is C=C(F)/C=C\C(=C/CC)NCCC(=O)NC(/C=C/F)C/C=C/OC(=C)C(=C)N=COCCN(C)CCN(C)CC. The molecule has 8 nitrogen and oxygen atoms in total. The molecular formula is C30H47F2N5O3. The molecule has 0 saturated heterocycles. The molecule has 10 heteroatoms. The number of carbonyl (C=O) groups is 1. The summed E-state index contributed by atoms with van der Waals surface area (Å²) in [6.07, 6.45) is 11.8. The van der Waals surface area contributed by atoms with Gasteiger partial charge in [0.25, 0.3) is 0 Å². The summed E-state index contributed by atoms with van der Waals surface area (Å²) in [4.78, 5) is 20.8. The first-order valence-corrected chi connectivity index (χ1v) is 13.4. The fourth-order valence-electron chi connectivity index (χ4n) is 2.92. The van der Waals surface area contributed by atoms with E-state index in [0.717, 1.165) is 32.6 Å². The predicted octanol–water partition coefficient (Wildman–Crippen LogP) is 5.14. The van der Waals surface area contributed by atoms with Crippen molar-refractivity contribution < 1.29 is 23.0 Å². The topological polar surface area (TPSA) is 78.4 Å². The second-order valence-corrected chi connectivity index (χ2v) is 8.92. The van der Waals surface area contributed by atoms with Crippen molar-refractivity contribution in [2.24, 2.45) is 4.99 Å². The van der Waals surface area contributed by atoms with Crippen molar-refractivity contribution in [1.29, 1.82) is 0 Å². The molecule has 1 amide bonds. The first-order valence-electron chi connectivity index (χ1n) is 13.4. The van der Waals surface area contributed by atoms with Gasteiger partial charge in [-0.05, 0) is 57.8 Å². The molecule has 0 saturated carbocycles. The Hall–Kier alpha value is -3.50. The molecule has 0 heterocycles. The Morgan fingerprint density at radius 1 is 1.10 bits per heavy atom. The Morgan fingerprint density at radius 3 is 2.48 bits per heavy atom. The first-order chi connectivity index (χ1) is 19.1. The molecule has 0 aliphatic heterocycles. The number of nitrogens with zero attached hydrogens (tertiary/aromatic N) is 3. The van der Waals surface area contributed by atoms with Crippen molar-refractivity contribution in [3.63, 3.8) is 0 Å². The highest BCUT2D eigenvalue weighted by molar-refractivity contribution is 5.76. The van der Waals surface area contributed by atoms with Crippen LogP contribution in [-0.2, 0) is 14.3 Å². The number of likely N-dealkylation sites (N-methyl/N-ethyl adjacent to an activating group) is 2. The third-order valence-electron chi connectivity index (χ3n) is 5.50. The number of hydrogen-bond donors (Lipinski definition) is 2. The molecular weight excluding hydrogens is 516 g/mol. The minimum Gasteiger partial charge on any atom is -0.482 e. The van der Waals surface area contributed by atoms with E-state index in [4.69, 9.17) is 9.47 Å². The maximum Gasteiger partial charge on any atom is 0.222 e. The van der Waals surface area contributed by atoms with Gasteiger partial charge in [0, 0.05) is 38.3 Å². The third kappa shape index (κ3) is 20.5. The largest absolute Gasteiger partial charge is 0.482 e. The number of carbonyl (C=O) groups excluding carboxylic acids is 1. The molecule has 0 aliphatic carbocycles. The minimum atomic E-state index is -0.568. The summed E-state index contributed by atoms with van der Waals surface area (Å²) in [6.45, 7) is 19.4. The van der Waals surface area contributed by atoms with E-state index in [1.165, 1.54) is 24.8 Å². The Kier molecular flexibility index (Phi) is 21.3. The van der Waals surface area contributed by atoms with Crippen LogP contribution >= 0.6 is 0 Å². The van der Waals surface area contributed by atoms with E-state index >= 15 is 0 Å². The lowest BCUT2D eigenvalue weighted by atomic mass is 10.2. The van der Waals surface area contributed by atoms with Gasteiger partial charge < -0.3 is 29.9 Å². The summed E-state index contributed by atoms with van der Waals surface area (Å²) in [6, 6.07) is -0.568. The van der Waals surface area contributed by atoms with Crippen LogP contribution in [0.3, 0.4) is 0 Å². The van der Waals surface area contributed by atoms with Crippen LogP contribution in [-0.4, -0.2) is 81.6 Å². The second-order valence-electron chi connectivity index (χ2n) is 8.92. The van der Waals surface area contributed by atoms with Gasteiger partial charge in [-0.1, -0.05) is 39.7 Å². The highest BCUT2D eigenvalue weighted by Gasteiger charge is 2.08. The summed E-state index contributed by atoms with van der Waals surface area (Å²) in [5.74, 6) is -0.606. The molecule has 0 bridgehead atoms. The summed E-state index contributed by atoms with van der Waals surface area (Å²) in [5.41, 5.74) is 0.983. The van der Waals surface area contributed by atoms with E-state index in [0.29, 0.717) is 30.9 Å². The highest BCUT2D eigenvalue weighted by Crippen LogP contribution is 2.09. The fraction of sp³-hybridized carbons (Fsp3) is 0.467. The van der Waals surface area contributed by atoms with Gasteiger partial charge in [-0.15, -0.1) is 0 Å². The normalized spacial score (nSPS) is 13.2. The van der Waals surface area contributed by atoms with Gasteiger partial charge in [-0.3, -0.25) is 4.79 Å². The molecule has 40 heavy (non-hydrogen) atoms. The van der Waals surface area contributed by atoms with E-state index < -0.39 is 11.9 Å². The van der Waals surface area contributed by atoms with Gasteiger partial charge >= 0.3 is 0 Å². The van der Waals surface area contributed by atoms with Crippen molar-refractivity contribution in [3.05, 3.63) is 85.7 Å². The molecule has 0 fully saturated rings. The number of amides is 1. The van der Waals surface area contributed by atoms with Crippen LogP contribution in [0, 0.1) is 0 Å². The van der Waals surface area contributed by atoms with Crippen molar-refractivity contribution in [3.8, 4) is 0 Å². The molecule has 0 aromatic rings. The van der Waals surface area contributed by atoms with Crippen molar-refractivity contribution in [2.75, 3.05) is 53.4 Å². The molecule has 224 valence electrons. The summed E-state index contributed by atoms with van der Waals surface area (Å²) in [7, 11) is 4.12. The van der Waals surface area contributed by atoms with Gasteiger partial charge in [0.2, 0.25) is 5.91 Å². The smallest absolute Gasteiger partial charge is 0.222 e. The summed E-state index contributed by atoms with van der Waals surface area (Å²) in [5, 5.41) is 5.80. The van der Waals surface area contributed by atoms with Crippen LogP contribution in [0.4, 0.5) is 8.78 Å². The summed E-state index contributed by atoms with van der Waals surface area (Å²) < 4.78 is 36.5. The number of allylic oxidation sites excluding steroid dienone is 4. The lowest BCUT2D eigenvalue weighted by Gasteiger charge is -2.20. The number of nitrogens with one attached hydrogen (secondary N) is 2. The molecule has 0 aromatic heterocycles. The lowest BCUT2D eigenvalue weighted by Crippen LogP contribution is -2.34. The van der Waals surface area contributed by atoms with Gasteiger partial charge in [0.15, 0.2) is 6.40 Å². The molecule has 0 aliphatic rings. The van der Waals surface area contributed by atoms with Gasteiger partial charge in [0.1, 0.15) is 23.9 Å². The van der Waals surface area contributed by atoms with Crippen molar-refractivity contribution >= 4 is 12.3 Å². The van der Waals surface area contributed by atoms with E-state index in [1.807, 2.05) is 20.0 Å². The van der Waals surface area contributed by atoms with E-state index in [9.17, 15) is 13.6 Å². The second kappa shape index (κ2) is 23.4. The van der Waals surface area contributed by atoms with E-state index in [1.54, 1.807) is 12.2 Å². The van der Waals surface area contributed by atoms with Gasteiger partial charge in [-0.25, -0.2) is 13.8 Å². The minimum absolute atomic E-state index is 0.144. The quantitative estimate of drug-likeness (QED) is 0.0589. The monoisotopic (exact) mass is 563 g/mol. The van der Waals surface area contributed by atoms with Crippen LogP contribution in [0.2, 0.25) is 0 Å². The zero-order chi connectivity index (χ0) is 30.2. The molecule has 0 radical (unpaired) electrons. The first kappa shape index (κ1) is 36.5. The Labute approximate surface area is 239 Å². The Bertz CT molecular complexity index is 928. The molecule has 0 aromatic carbocycles. The van der Waals surface area contributed by atoms with Gasteiger partial charge in [0.05, 0.1) is 18.6 Å². The standard InChI is InChI=1S/C30H47F2N5O3/c1-8-11-28(14-13-25(3)32)33-18-16-30(38)35-29(15-17-31)12-10-22-40-27(5)26(4)34-24-39-23-21-37(7)20-19-36(6)9-2/h10-11,13-15,17,22,24,29,33H,3-5,8-9,12,16,18-21,23H2,1-2,6-7H3,(H,35,38)/b14-13-,17-15+,22-10+,28-11+,34-24?. The van der Waals surface area contributed by atoms with Crippen molar-refractivity contribution in [2.45, 2.75) is 39.2 Å². The fourth-order valence-corrected chi connectivity index (χ4v) is 2.92. The number of ether oxygens (including phenoxy) is 2. The van der Waals surface area contributed by atoms with Crippen LogP contribution in [0.25, 0.3) is 0 Å². The molecule has 1 unspecified atom stereocenters. The lowest BCUT2D eigenvalue weighted by molar-refractivity contribution is -0.121. The average molecular weight is 564 g/mol. The maximum absolute atomic E-state index is 12.8. The van der Waals surface area contributed by atoms with E-state index in [2.05, 4.69) is 59.1 Å². The average Bonchev–Trinajstić information content (AvgIpc) is 2.92. The molecule has 0 rings (SSSR count). The van der Waals surface area contributed by atoms with Crippen LogP contribution < -0.4 is 10.6 Å². The summed E-state index contributed by atoms with van der Waals surface area (Å²) >= 11 is 0. The van der Waals surface area contributed by atoms with Crippen LogP contribution in [0.5, 0.6) is 0 Å². The Morgan fingerprint density at radius 2 is 1.82 bits per heavy atom. The maximum atomic E-state index is 12.8. The number of halogens is 2.